The predicted molar refractivity (Wildman–Crippen MR) is 75.8 cm³/mol. The summed E-state index contributed by atoms with van der Waals surface area (Å²) in [5.74, 6) is 0.899. The molecule has 0 aliphatic rings. The van der Waals surface area contributed by atoms with E-state index in [9.17, 15) is 0 Å². The second-order valence-electron chi connectivity index (χ2n) is 5.40. The van der Waals surface area contributed by atoms with Gasteiger partial charge in [0.1, 0.15) is 0 Å². The van der Waals surface area contributed by atoms with Gasteiger partial charge >= 0.3 is 0 Å². The van der Waals surface area contributed by atoms with Crippen LogP contribution >= 0.6 is 11.3 Å². The largest absolute Gasteiger partial charge is 0.355 e. The van der Waals surface area contributed by atoms with E-state index in [1.165, 1.54) is 4.88 Å². The van der Waals surface area contributed by atoms with Crippen LogP contribution in [-0.4, -0.2) is 10.7 Å². The molecule has 0 saturated carbocycles. The van der Waals surface area contributed by atoms with Gasteiger partial charge in [0.15, 0.2) is 5.76 Å². The summed E-state index contributed by atoms with van der Waals surface area (Å²) in [6.07, 6.45) is 2.87. The summed E-state index contributed by atoms with van der Waals surface area (Å²) >= 11 is 1.78. The molecule has 2 rings (SSSR count). The number of hydrogen-bond donors (Lipinski definition) is 1. The van der Waals surface area contributed by atoms with Crippen LogP contribution in [0.1, 0.15) is 38.1 Å². The summed E-state index contributed by atoms with van der Waals surface area (Å²) in [7, 11) is 0. The van der Waals surface area contributed by atoms with Crippen molar-refractivity contribution in [3.8, 4) is 10.6 Å². The second-order valence-corrected chi connectivity index (χ2v) is 6.57. The Bertz CT molecular complexity index is 508. The van der Waals surface area contributed by atoms with Crippen LogP contribution in [-0.2, 0) is 13.0 Å². The van der Waals surface area contributed by atoms with E-state index in [1.54, 1.807) is 17.5 Å². The van der Waals surface area contributed by atoms with Gasteiger partial charge in [0.25, 0.3) is 0 Å². The Balaban J connectivity index is 2.17. The Morgan fingerprint density at radius 2 is 2.11 bits per heavy atom. The molecule has 0 aromatic carbocycles. The van der Waals surface area contributed by atoms with Crippen molar-refractivity contribution < 1.29 is 4.52 Å². The summed E-state index contributed by atoms with van der Waals surface area (Å²) in [5.41, 5.74) is 1.22. The Morgan fingerprint density at radius 3 is 2.72 bits per heavy atom. The van der Waals surface area contributed by atoms with E-state index in [0.29, 0.717) is 0 Å². The zero-order chi connectivity index (χ0) is 13.2. The first-order valence-electron chi connectivity index (χ1n) is 6.27. The smallest absolute Gasteiger partial charge is 0.181 e. The number of nitrogens with zero attached hydrogens (tertiary/aromatic N) is 1. The van der Waals surface area contributed by atoms with Gasteiger partial charge in [-0.25, -0.2) is 0 Å². The molecule has 0 unspecified atom stereocenters. The fourth-order valence-electron chi connectivity index (χ4n) is 1.64. The zero-order valence-corrected chi connectivity index (χ0v) is 12.2. The molecule has 0 saturated heterocycles. The molecule has 1 N–H and O–H groups in total. The van der Waals surface area contributed by atoms with Crippen LogP contribution in [0.25, 0.3) is 10.6 Å². The fourth-order valence-corrected chi connectivity index (χ4v) is 2.60. The van der Waals surface area contributed by atoms with Gasteiger partial charge in [0, 0.05) is 22.5 Å². The van der Waals surface area contributed by atoms with Crippen LogP contribution in [0.5, 0.6) is 0 Å². The molecule has 0 radical (unpaired) electrons. The lowest BCUT2D eigenvalue weighted by molar-refractivity contribution is 0.419. The molecule has 0 amide bonds. The highest BCUT2D eigenvalue weighted by atomic mass is 32.1. The van der Waals surface area contributed by atoms with E-state index < -0.39 is 0 Å². The van der Waals surface area contributed by atoms with Gasteiger partial charge in [-0.15, -0.1) is 11.3 Å². The van der Waals surface area contributed by atoms with Crippen LogP contribution in [0.2, 0.25) is 0 Å². The first kappa shape index (κ1) is 13.3. The van der Waals surface area contributed by atoms with E-state index in [4.69, 9.17) is 4.52 Å². The van der Waals surface area contributed by atoms with Crippen molar-refractivity contribution in [2.24, 2.45) is 0 Å². The van der Waals surface area contributed by atoms with Gasteiger partial charge < -0.3 is 9.84 Å². The maximum Gasteiger partial charge on any atom is 0.181 e. The molecule has 0 fully saturated rings. The van der Waals surface area contributed by atoms with Crippen molar-refractivity contribution in [3.63, 3.8) is 0 Å². The average molecular weight is 264 g/mol. The highest BCUT2D eigenvalue weighted by molar-refractivity contribution is 7.15. The average Bonchev–Trinajstić information content (AvgIpc) is 2.93. The maximum absolute atomic E-state index is 5.39. The van der Waals surface area contributed by atoms with Crippen molar-refractivity contribution in [3.05, 3.63) is 28.8 Å². The van der Waals surface area contributed by atoms with E-state index in [2.05, 4.69) is 50.3 Å². The van der Waals surface area contributed by atoms with Gasteiger partial charge in [0.2, 0.25) is 0 Å². The van der Waals surface area contributed by atoms with Crippen molar-refractivity contribution in [1.82, 2.24) is 10.5 Å². The number of aryl methyl sites for hydroxylation is 1. The van der Waals surface area contributed by atoms with Crippen LogP contribution in [0.15, 0.2) is 22.9 Å². The Hall–Kier alpha value is -1.13. The highest BCUT2D eigenvalue weighted by Gasteiger charge is 2.15. The monoisotopic (exact) mass is 264 g/mol. The molecule has 0 bridgehead atoms. The molecule has 2 aromatic heterocycles. The zero-order valence-electron chi connectivity index (χ0n) is 11.4. The molecule has 2 heterocycles. The van der Waals surface area contributed by atoms with Gasteiger partial charge in [-0.2, -0.15) is 0 Å². The Labute approximate surface area is 112 Å². The standard InChI is InChI=1S/C14H20N2OS/c1-5-11-6-7-12(18-11)13-10(9-16-17-13)8-15-14(2,3)4/h6-7,9,15H,5,8H2,1-4H3. The van der Waals surface area contributed by atoms with Gasteiger partial charge in [0.05, 0.1) is 11.1 Å². The summed E-state index contributed by atoms with van der Waals surface area (Å²) in [5, 5.41) is 7.39. The minimum atomic E-state index is 0.0958. The number of nitrogens with one attached hydrogen (secondary N) is 1. The molecule has 4 heteroatoms. The van der Waals surface area contributed by atoms with Crippen LogP contribution < -0.4 is 5.32 Å². The van der Waals surface area contributed by atoms with Crippen LogP contribution in [0, 0.1) is 0 Å². The summed E-state index contributed by atoms with van der Waals surface area (Å²) in [4.78, 5) is 2.53. The van der Waals surface area contributed by atoms with Crippen molar-refractivity contribution in [2.75, 3.05) is 0 Å². The minimum absolute atomic E-state index is 0.0958. The summed E-state index contributed by atoms with van der Waals surface area (Å²) in [6, 6.07) is 4.27. The fraction of sp³-hybridized carbons (Fsp3) is 0.500. The van der Waals surface area contributed by atoms with Gasteiger partial charge in [-0.1, -0.05) is 12.1 Å². The molecule has 3 nitrogen and oxygen atoms in total. The number of thiophene rings is 1. The van der Waals surface area contributed by atoms with Crippen molar-refractivity contribution >= 4 is 11.3 Å². The second kappa shape index (κ2) is 5.24. The first-order chi connectivity index (χ1) is 8.49. The van der Waals surface area contributed by atoms with Gasteiger partial charge in [-0.3, -0.25) is 0 Å². The lowest BCUT2D eigenvalue weighted by atomic mass is 10.1. The highest BCUT2D eigenvalue weighted by Crippen LogP contribution is 2.31. The molecule has 0 aliphatic carbocycles. The first-order valence-corrected chi connectivity index (χ1v) is 7.09. The molecule has 0 aliphatic heterocycles. The molecule has 0 atom stereocenters. The van der Waals surface area contributed by atoms with Crippen molar-refractivity contribution in [2.45, 2.75) is 46.2 Å². The normalized spacial score (nSPS) is 12.0. The maximum atomic E-state index is 5.39. The molecule has 0 spiro atoms. The van der Waals surface area contributed by atoms with Crippen LogP contribution in [0.4, 0.5) is 0 Å². The Morgan fingerprint density at radius 1 is 1.33 bits per heavy atom. The molecule has 2 aromatic rings. The van der Waals surface area contributed by atoms with E-state index in [-0.39, 0.29) is 5.54 Å². The van der Waals surface area contributed by atoms with E-state index in [1.807, 2.05) is 0 Å². The topological polar surface area (TPSA) is 38.1 Å². The van der Waals surface area contributed by atoms with E-state index >= 15 is 0 Å². The lowest BCUT2D eigenvalue weighted by Crippen LogP contribution is -2.35. The molecule has 18 heavy (non-hydrogen) atoms. The van der Waals surface area contributed by atoms with Gasteiger partial charge in [-0.05, 0) is 39.3 Å². The quantitative estimate of drug-likeness (QED) is 0.911. The van der Waals surface area contributed by atoms with E-state index in [0.717, 1.165) is 29.2 Å². The SMILES string of the molecule is CCc1ccc(-c2oncc2CNC(C)(C)C)s1. The summed E-state index contributed by atoms with van der Waals surface area (Å²) < 4.78 is 5.39. The molecule has 98 valence electrons. The number of rotatable bonds is 4. The third kappa shape index (κ3) is 3.21. The third-order valence-corrected chi connectivity index (χ3v) is 3.92. The Kier molecular flexibility index (Phi) is 3.88. The lowest BCUT2D eigenvalue weighted by Gasteiger charge is -2.19. The minimum Gasteiger partial charge on any atom is -0.355 e. The summed E-state index contributed by atoms with van der Waals surface area (Å²) in [6.45, 7) is 9.40. The molecular weight excluding hydrogens is 244 g/mol. The molecular formula is C14H20N2OS. The van der Waals surface area contributed by atoms with Crippen LogP contribution in [0.3, 0.4) is 0 Å². The predicted octanol–water partition coefficient (Wildman–Crippen LogP) is 3.85. The number of hydrogen-bond acceptors (Lipinski definition) is 4. The third-order valence-electron chi connectivity index (χ3n) is 2.69. The number of aromatic nitrogens is 1. The van der Waals surface area contributed by atoms with Crippen molar-refractivity contribution in [1.29, 1.82) is 0 Å².